The largest absolute Gasteiger partial charge is 0.387 e. The lowest BCUT2D eigenvalue weighted by Gasteiger charge is -2.17. The molecular formula is C11H12ClIN4O3. The maximum Gasteiger partial charge on any atom is 0.164 e. The molecule has 0 saturated carbocycles. The van der Waals surface area contributed by atoms with Crippen LogP contribution in [-0.2, 0) is 4.74 Å². The first kappa shape index (κ1) is 14.4. The van der Waals surface area contributed by atoms with E-state index in [9.17, 15) is 10.2 Å². The van der Waals surface area contributed by atoms with Gasteiger partial charge in [0.25, 0.3) is 0 Å². The van der Waals surface area contributed by atoms with Crippen LogP contribution in [0.5, 0.6) is 0 Å². The summed E-state index contributed by atoms with van der Waals surface area (Å²) in [5.74, 6) is 0. The van der Waals surface area contributed by atoms with Gasteiger partial charge < -0.3 is 25.3 Å². The number of ether oxygens (including phenoxy) is 1. The van der Waals surface area contributed by atoms with Crippen molar-refractivity contribution >= 4 is 45.2 Å². The van der Waals surface area contributed by atoms with E-state index in [1.165, 1.54) is 6.33 Å². The van der Waals surface area contributed by atoms with Gasteiger partial charge >= 0.3 is 0 Å². The molecule has 2 aromatic rings. The molecule has 3 rings (SSSR count). The molecule has 4 atom stereocenters. The Kier molecular flexibility index (Phi) is 3.86. The monoisotopic (exact) mass is 410 g/mol. The molecule has 0 radical (unpaired) electrons. The topological polar surface area (TPSA) is 106 Å². The number of halogens is 2. The molecule has 0 aromatic carbocycles. The summed E-state index contributed by atoms with van der Waals surface area (Å²) in [7, 11) is 0. The van der Waals surface area contributed by atoms with E-state index in [1.54, 1.807) is 10.8 Å². The SMILES string of the molecule is NC[C@H]1O[C@@H](n2cc(I)c3c(Cl)ncnc32)[C@H](O)[C@@H]1O. The van der Waals surface area contributed by atoms with Gasteiger partial charge in [-0.1, -0.05) is 11.6 Å². The third-order valence-electron chi connectivity index (χ3n) is 3.36. The van der Waals surface area contributed by atoms with E-state index in [4.69, 9.17) is 22.1 Å². The van der Waals surface area contributed by atoms with Crippen LogP contribution in [0.2, 0.25) is 5.15 Å². The van der Waals surface area contributed by atoms with Gasteiger partial charge in [0, 0.05) is 16.3 Å². The van der Waals surface area contributed by atoms with Crippen molar-refractivity contribution in [1.82, 2.24) is 14.5 Å². The Bertz CT molecular complexity index is 652. The Labute approximate surface area is 132 Å². The highest BCUT2D eigenvalue weighted by molar-refractivity contribution is 14.1. The number of fused-ring (bicyclic) bond motifs is 1. The Morgan fingerprint density at radius 2 is 2.15 bits per heavy atom. The van der Waals surface area contributed by atoms with Crippen LogP contribution >= 0.6 is 34.2 Å². The quantitative estimate of drug-likeness (QED) is 0.485. The van der Waals surface area contributed by atoms with Gasteiger partial charge in [-0.3, -0.25) is 0 Å². The van der Waals surface area contributed by atoms with Crippen molar-refractivity contribution in [2.75, 3.05) is 6.54 Å². The van der Waals surface area contributed by atoms with Crippen molar-refractivity contribution < 1.29 is 14.9 Å². The number of aliphatic hydroxyl groups is 2. The van der Waals surface area contributed by atoms with Gasteiger partial charge in [-0.05, 0) is 22.6 Å². The zero-order valence-electron chi connectivity index (χ0n) is 10.1. The Balaban J connectivity index is 2.10. The fraction of sp³-hybridized carbons (Fsp3) is 0.455. The summed E-state index contributed by atoms with van der Waals surface area (Å²) in [5, 5.41) is 21.0. The van der Waals surface area contributed by atoms with Crippen molar-refractivity contribution in [3.8, 4) is 0 Å². The van der Waals surface area contributed by atoms with E-state index in [1.807, 2.05) is 0 Å². The summed E-state index contributed by atoms with van der Waals surface area (Å²) in [6, 6.07) is 0. The van der Waals surface area contributed by atoms with Crippen LogP contribution in [0.3, 0.4) is 0 Å². The second-order valence-electron chi connectivity index (χ2n) is 4.53. The molecule has 9 heteroatoms. The second kappa shape index (κ2) is 5.35. The molecule has 0 aliphatic carbocycles. The lowest BCUT2D eigenvalue weighted by atomic mass is 10.1. The van der Waals surface area contributed by atoms with Crippen molar-refractivity contribution in [2.45, 2.75) is 24.5 Å². The van der Waals surface area contributed by atoms with E-state index in [2.05, 4.69) is 32.6 Å². The fourth-order valence-corrected chi connectivity index (χ4v) is 3.54. The maximum absolute atomic E-state index is 10.1. The van der Waals surface area contributed by atoms with Crippen molar-refractivity contribution in [3.05, 3.63) is 21.2 Å². The van der Waals surface area contributed by atoms with Crippen molar-refractivity contribution in [1.29, 1.82) is 0 Å². The van der Waals surface area contributed by atoms with Gasteiger partial charge in [-0.2, -0.15) is 0 Å². The normalized spacial score (nSPS) is 30.2. The predicted octanol–water partition coefficient (Wildman–Crippen LogP) is 0.267. The first-order chi connectivity index (χ1) is 9.54. The smallest absolute Gasteiger partial charge is 0.164 e. The first-order valence-electron chi connectivity index (χ1n) is 5.92. The Morgan fingerprint density at radius 3 is 2.80 bits per heavy atom. The third-order valence-corrected chi connectivity index (χ3v) is 4.46. The molecule has 1 fully saturated rings. The molecule has 0 unspecified atom stereocenters. The third kappa shape index (κ3) is 2.11. The number of hydrogen-bond donors (Lipinski definition) is 3. The molecule has 1 saturated heterocycles. The van der Waals surface area contributed by atoms with Gasteiger partial charge in [0.15, 0.2) is 6.23 Å². The average molecular weight is 411 g/mol. The standard InChI is InChI=1S/C11H12ClIN4O3/c12-9-6-4(13)2-17(10(6)16-3-15-9)11-8(19)7(18)5(1-14)20-11/h2-3,5,7-8,11,18-19H,1,14H2/t5-,7-,8-,11-/m1/s1. The molecular weight excluding hydrogens is 399 g/mol. The highest BCUT2D eigenvalue weighted by Crippen LogP contribution is 2.35. The first-order valence-corrected chi connectivity index (χ1v) is 7.38. The number of hydrogen-bond acceptors (Lipinski definition) is 6. The molecule has 7 nitrogen and oxygen atoms in total. The van der Waals surface area contributed by atoms with E-state index < -0.39 is 24.5 Å². The molecule has 0 bridgehead atoms. The zero-order valence-corrected chi connectivity index (χ0v) is 13.1. The van der Waals surface area contributed by atoms with Crippen LogP contribution in [0.25, 0.3) is 11.0 Å². The highest BCUT2D eigenvalue weighted by atomic mass is 127. The van der Waals surface area contributed by atoms with E-state index in [0.717, 1.165) is 3.57 Å². The molecule has 0 amide bonds. The summed E-state index contributed by atoms with van der Waals surface area (Å²) in [6.45, 7) is 0.126. The van der Waals surface area contributed by atoms with Crippen LogP contribution in [0, 0.1) is 3.57 Å². The number of rotatable bonds is 2. The molecule has 4 N–H and O–H groups in total. The van der Waals surface area contributed by atoms with Gasteiger partial charge in [0.05, 0.1) is 5.39 Å². The zero-order chi connectivity index (χ0) is 14.4. The highest BCUT2D eigenvalue weighted by Gasteiger charge is 2.43. The van der Waals surface area contributed by atoms with Crippen LogP contribution in [0.1, 0.15) is 6.23 Å². The minimum atomic E-state index is -1.08. The predicted molar refractivity (Wildman–Crippen MR) is 80.2 cm³/mol. The summed E-state index contributed by atoms with van der Waals surface area (Å²) in [5.41, 5.74) is 6.06. The van der Waals surface area contributed by atoms with Crippen LogP contribution in [0.15, 0.2) is 12.5 Å². The van der Waals surface area contributed by atoms with Gasteiger partial charge in [-0.25, -0.2) is 9.97 Å². The van der Waals surface area contributed by atoms with E-state index in [-0.39, 0.29) is 6.54 Å². The van der Waals surface area contributed by atoms with Crippen LogP contribution < -0.4 is 5.73 Å². The van der Waals surface area contributed by atoms with Gasteiger partial charge in [0.2, 0.25) is 0 Å². The molecule has 20 heavy (non-hydrogen) atoms. The minimum absolute atomic E-state index is 0.126. The number of nitrogens with zero attached hydrogens (tertiary/aromatic N) is 3. The average Bonchev–Trinajstić information content (AvgIpc) is 2.90. The molecule has 1 aliphatic rings. The minimum Gasteiger partial charge on any atom is -0.387 e. The number of aliphatic hydroxyl groups excluding tert-OH is 2. The van der Waals surface area contributed by atoms with Crippen molar-refractivity contribution in [2.24, 2.45) is 5.73 Å². The molecule has 0 spiro atoms. The maximum atomic E-state index is 10.1. The summed E-state index contributed by atoms with van der Waals surface area (Å²) in [6.07, 6.45) is -0.375. The van der Waals surface area contributed by atoms with Gasteiger partial charge in [-0.15, -0.1) is 0 Å². The second-order valence-corrected chi connectivity index (χ2v) is 6.05. The van der Waals surface area contributed by atoms with Crippen LogP contribution in [-0.4, -0.2) is 49.6 Å². The lowest BCUT2D eigenvalue weighted by molar-refractivity contribution is -0.0319. The molecule has 1 aliphatic heterocycles. The molecule has 2 aromatic heterocycles. The van der Waals surface area contributed by atoms with E-state index >= 15 is 0 Å². The number of aromatic nitrogens is 3. The van der Waals surface area contributed by atoms with Crippen molar-refractivity contribution in [3.63, 3.8) is 0 Å². The summed E-state index contributed by atoms with van der Waals surface area (Å²) < 4.78 is 8.10. The lowest BCUT2D eigenvalue weighted by Crippen LogP contribution is -2.35. The molecule has 108 valence electrons. The van der Waals surface area contributed by atoms with E-state index in [0.29, 0.717) is 16.2 Å². The Hall–Kier alpha value is -0.520. The fourth-order valence-electron chi connectivity index (χ4n) is 2.35. The summed E-state index contributed by atoms with van der Waals surface area (Å²) in [4.78, 5) is 8.11. The van der Waals surface area contributed by atoms with Crippen LogP contribution in [0.4, 0.5) is 0 Å². The number of nitrogens with two attached hydrogens (primary N) is 1. The Morgan fingerprint density at radius 1 is 1.40 bits per heavy atom. The van der Waals surface area contributed by atoms with Gasteiger partial charge in [0.1, 0.15) is 35.4 Å². The summed E-state index contributed by atoms with van der Waals surface area (Å²) >= 11 is 8.17. The molecule has 3 heterocycles.